The molecule has 0 spiro atoms. The second kappa shape index (κ2) is 7.91. The average Bonchev–Trinajstić information content (AvgIpc) is 3.00. The third kappa shape index (κ3) is 3.79. The molecule has 3 rings (SSSR count). The van der Waals surface area contributed by atoms with Crippen molar-refractivity contribution >= 4 is 16.9 Å². The maximum Gasteiger partial charge on any atom is 0.220 e. The van der Waals surface area contributed by atoms with E-state index in [-0.39, 0.29) is 5.91 Å². The first-order valence-corrected chi connectivity index (χ1v) is 8.50. The number of rotatable bonds is 7. The zero-order chi connectivity index (χ0) is 18.5. The van der Waals surface area contributed by atoms with E-state index in [4.69, 9.17) is 9.47 Å². The number of fused-ring (bicyclic) bond motifs is 1. The molecule has 6 nitrogen and oxygen atoms in total. The van der Waals surface area contributed by atoms with Crippen molar-refractivity contribution in [3.05, 3.63) is 53.9 Å². The number of para-hydroxylation sites is 2. The zero-order valence-electron chi connectivity index (χ0n) is 15.3. The molecule has 0 unspecified atom stereocenters. The van der Waals surface area contributed by atoms with Crippen LogP contribution < -0.4 is 14.8 Å². The van der Waals surface area contributed by atoms with E-state index in [1.54, 1.807) is 14.2 Å². The lowest BCUT2D eigenvalue weighted by molar-refractivity contribution is -0.121. The molecule has 0 radical (unpaired) electrons. The van der Waals surface area contributed by atoms with Gasteiger partial charge in [0.25, 0.3) is 0 Å². The number of hydrogen-bond acceptors (Lipinski definition) is 4. The molecule has 0 fully saturated rings. The van der Waals surface area contributed by atoms with Gasteiger partial charge in [-0.1, -0.05) is 12.1 Å². The van der Waals surface area contributed by atoms with Gasteiger partial charge in [-0.2, -0.15) is 0 Å². The van der Waals surface area contributed by atoms with Crippen LogP contribution in [0, 0.1) is 0 Å². The lowest BCUT2D eigenvalue weighted by Crippen LogP contribution is -2.24. The second-order valence-electron chi connectivity index (χ2n) is 6.03. The maximum atomic E-state index is 12.3. The number of imidazole rings is 1. The predicted octanol–water partition coefficient (Wildman–Crippen LogP) is 2.84. The van der Waals surface area contributed by atoms with Crippen molar-refractivity contribution in [2.24, 2.45) is 7.05 Å². The summed E-state index contributed by atoms with van der Waals surface area (Å²) in [7, 11) is 5.20. The molecule has 0 bridgehead atoms. The topological polar surface area (TPSA) is 65.4 Å². The number of carbonyl (C=O) groups is 1. The van der Waals surface area contributed by atoms with E-state index in [1.165, 1.54) is 0 Å². The Morgan fingerprint density at radius 3 is 2.69 bits per heavy atom. The van der Waals surface area contributed by atoms with Crippen molar-refractivity contribution < 1.29 is 14.3 Å². The third-order valence-corrected chi connectivity index (χ3v) is 4.43. The summed E-state index contributed by atoms with van der Waals surface area (Å²) in [4.78, 5) is 16.8. The Morgan fingerprint density at radius 2 is 1.96 bits per heavy atom. The van der Waals surface area contributed by atoms with Gasteiger partial charge in [0.2, 0.25) is 5.91 Å². The van der Waals surface area contributed by atoms with Crippen LogP contribution in [0.2, 0.25) is 0 Å². The van der Waals surface area contributed by atoms with Crippen LogP contribution >= 0.6 is 0 Å². The van der Waals surface area contributed by atoms with Gasteiger partial charge in [-0.05, 0) is 42.3 Å². The van der Waals surface area contributed by atoms with E-state index in [2.05, 4.69) is 10.3 Å². The zero-order valence-corrected chi connectivity index (χ0v) is 15.3. The number of aromatic nitrogens is 2. The minimum absolute atomic E-state index is 0.0260. The molecule has 0 saturated heterocycles. The third-order valence-electron chi connectivity index (χ3n) is 4.43. The molecule has 3 aromatic rings. The Balaban J connectivity index is 1.60. The van der Waals surface area contributed by atoms with Crippen LogP contribution in [0.3, 0.4) is 0 Å². The number of hydrogen-bond donors (Lipinski definition) is 1. The van der Waals surface area contributed by atoms with Crippen LogP contribution in [0.25, 0.3) is 11.0 Å². The summed E-state index contributed by atoms with van der Waals surface area (Å²) in [5.41, 5.74) is 2.93. The summed E-state index contributed by atoms with van der Waals surface area (Å²) in [6.07, 6.45) is 0.947. The van der Waals surface area contributed by atoms with Gasteiger partial charge in [0.1, 0.15) is 17.3 Å². The highest BCUT2D eigenvalue weighted by molar-refractivity contribution is 5.77. The smallest absolute Gasteiger partial charge is 0.220 e. The molecule has 0 aliphatic carbocycles. The normalized spacial score (nSPS) is 10.7. The maximum absolute atomic E-state index is 12.3. The van der Waals surface area contributed by atoms with Gasteiger partial charge in [0.05, 0.1) is 31.8 Å². The van der Waals surface area contributed by atoms with Crippen LogP contribution in [-0.2, 0) is 24.8 Å². The SMILES string of the molecule is COc1ccc(OC)c(CCC(=O)NCc2nc3ccccc3n2C)c1. The second-order valence-corrected chi connectivity index (χ2v) is 6.03. The molecule has 6 heteroatoms. The first kappa shape index (κ1) is 17.8. The number of carbonyl (C=O) groups excluding carboxylic acids is 1. The lowest BCUT2D eigenvalue weighted by Gasteiger charge is -2.10. The molecule has 136 valence electrons. The standard InChI is InChI=1S/C20H23N3O3/c1-23-17-7-5-4-6-16(17)22-19(23)13-21-20(24)11-8-14-12-15(25-2)9-10-18(14)26-3/h4-7,9-10,12H,8,11,13H2,1-3H3,(H,21,24). The molecule has 0 atom stereocenters. The summed E-state index contributed by atoms with van der Waals surface area (Å²) >= 11 is 0. The molecular weight excluding hydrogens is 330 g/mol. The summed E-state index contributed by atoms with van der Waals surface area (Å²) in [6, 6.07) is 13.5. The van der Waals surface area contributed by atoms with Crippen molar-refractivity contribution in [1.82, 2.24) is 14.9 Å². The highest BCUT2D eigenvalue weighted by atomic mass is 16.5. The van der Waals surface area contributed by atoms with Gasteiger partial charge < -0.3 is 19.4 Å². The Morgan fingerprint density at radius 1 is 1.15 bits per heavy atom. The van der Waals surface area contributed by atoms with E-state index in [0.717, 1.165) is 33.9 Å². The Labute approximate surface area is 152 Å². The Bertz CT molecular complexity index is 918. The lowest BCUT2D eigenvalue weighted by atomic mass is 10.1. The number of ether oxygens (including phenoxy) is 2. The minimum Gasteiger partial charge on any atom is -0.497 e. The number of nitrogens with one attached hydrogen (secondary N) is 1. The molecule has 0 aliphatic rings. The van der Waals surface area contributed by atoms with Crippen molar-refractivity contribution in [2.45, 2.75) is 19.4 Å². The van der Waals surface area contributed by atoms with Gasteiger partial charge in [-0.3, -0.25) is 4.79 Å². The van der Waals surface area contributed by atoms with Crippen molar-refractivity contribution in [3.63, 3.8) is 0 Å². The monoisotopic (exact) mass is 353 g/mol. The van der Waals surface area contributed by atoms with Gasteiger partial charge in [-0.25, -0.2) is 4.98 Å². The number of methoxy groups -OCH3 is 2. The average molecular weight is 353 g/mol. The molecule has 1 aromatic heterocycles. The first-order chi connectivity index (χ1) is 12.6. The van der Waals surface area contributed by atoms with Crippen LogP contribution in [-0.4, -0.2) is 29.7 Å². The van der Waals surface area contributed by atoms with Gasteiger partial charge >= 0.3 is 0 Å². The van der Waals surface area contributed by atoms with Crippen LogP contribution in [0.1, 0.15) is 17.8 Å². The quantitative estimate of drug-likeness (QED) is 0.709. The summed E-state index contributed by atoms with van der Waals surface area (Å²) < 4.78 is 12.6. The van der Waals surface area contributed by atoms with Gasteiger partial charge in [-0.15, -0.1) is 0 Å². The number of aryl methyl sites for hydroxylation is 2. The van der Waals surface area contributed by atoms with E-state index in [0.29, 0.717) is 19.4 Å². The first-order valence-electron chi connectivity index (χ1n) is 8.50. The summed E-state index contributed by atoms with van der Waals surface area (Å²) in [5, 5.41) is 2.94. The highest BCUT2D eigenvalue weighted by Crippen LogP contribution is 2.25. The van der Waals surface area contributed by atoms with Gasteiger partial charge in [0, 0.05) is 13.5 Å². The fourth-order valence-electron chi connectivity index (χ4n) is 2.95. The van der Waals surface area contributed by atoms with Crippen LogP contribution in [0.15, 0.2) is 42.5 Å². The highest BCUT2D eigenvalue weighted by Gasteiger charge is 2.11. The molecule has 2 aromatic carbocycles. The Kier molecular flexibility index (Phi) is 5.41. The summed E-state index contributed by atoms with van der Waals surface area (Å²) in [5.74, 6) is 2.32. The Hall–Kier alpha value is -3.02. The molecule has 0 aliphatic heterocycles. The van der Waals surface area contributed by atoms with E-state index >= 15 is 0 Å². The molecule has 0 saturated carbocycles. The number of amides is 1. The fourth-order valence-corrected chi connectivity index (χ4v) is 2.95. The van der Waals surface area contributed by atoms with Crippen molar-refractivity contribution in [1.29, 1.82) is 0 Å². The number of nitrogens with zero attached hydrogens (tertiary/aromatic N) is 2. The van der Waals surface area contributed by atoms with Crippen molar-refractivity contribution in [2.75, 3.05) is 14.2 Å². The number of benzene rings is 2. The largest absolute Gasteiger partial charge is 0.497 e. The van der Waals surface area contributed by atoms with E-state index in [1.807, 2.05) is 54.1 Å². The predicted molar refractivity (Wildman–Crippen MR) is 100 cm³/mol. The van der Waals surface area contributed by atoms with E-state index in [9.17, 15) is 4.79 Å². The molecule has 1 N–H and O–H groups in total. The van der Waals surface area contributed by atoms with E-state index < -0.39 is 0 Å². The summed E-state index contributed by atoms with van der Waals surface area (Å²) in [6.45, 7) is 0.402. The van der Waals surface area contributed by atoms with Crippen LogP contribution in [0.4, 0.5) is 0 Å². The minimum atomic E-state index is -0.0260. The molecule has 1 amide bonds. The fraction of sp³-hybridized carbons (Fsp3) is 0.300. The molecule has 26 heavy (non-hydrogen) atoms. The van der Waals surface area contributed by atoms with Gasteiger partial charge in [0.15, 0.2) is 0 Å². The molecular formula is C20H23N3O3. The van der Waals surface area contributed by atoms with Crippen LogP contribution in [0.5, 0.6) is 11.5 Å². The van der Waals surface area contributed by atoms with Crippen molar-refractivity contribution in [3.8, 4) is 11.5 Å². The molecule has 1 heterocycles.